The van der Waals surface area contributed by atoms with Gasteiger partial charge in [-0.25, -0.2) is 0 Å². The number of carboxylic acid groups (broad SMARTS) is 1. The van der Waals surface area contributed by atoms with Crippen molar-refractivity contribution >= 4 is 56.6 Å². The summed E-state index contributed by atoms with van der Waals surface area (Å²) < 4.78 is 0.257. The molecule has 5 rings (SSSR count). The molecule has 0 aromatic heterocycles. The Morgan fingerprint density at radius 1 is 1.00 bits per heavy atom. The van der Waals surface area contributed by atoms with Gasteiger partial charge in [0.1, 0.15) is 10.9 Å². The van der Waals surface area contributed by atoms with Gasteiger partial charge < -0.3 is 10.0 Å². The number of anilines is 1. The second-order valence-electron chi connectivity index (χ2n) is 11.7. The van der Waals surface area contributed by atoms with Crippen LogP contribution in [0.2, 0.25) is 0 Å². The number of hydrogen-bond donors (Lipinski definition) is 1. The summed E-state index contributed by atoms with van der Waals surface area (Å²) in [5.74, 6) is -1.49. The molecule has 1 saturated heterocycles. The zero-order valence-electron chi connectivity index (χ0n) is 23.5. The number of hydrogen-bond acceptors (Lipinski definition) is 5. The minimum Gasteiger partial charge on any atom is -0.480 e. The third-order valence-corrected chi connectivity index (χ3v) is 9.01. The summed E-state index contributed by atoms with van der Waals surface area (Å²) in [4.78, 5) is 24.9. The summed E-state index contributed by atoms with van der Waals surface area (Å²) in [7, 11) is 4.32. The highest BCUT2D eigenvalue weighted by Crippen LogP contribution is 2.49. The maximum Gasteiger partial charge on any atom is 0.323 e. The van der Waals surface area contributed by atoms with Crippen molar-refractivity contribution in [3.63, 3.8) is 0 Å². The van der Waals surface area contributed by atoms with Crippen molar-refractivity contribution < 1.29 is 14.7 Å². The number of amides is 1. The molecule has 2 aliphatic rings. The van der Waals surface area contributed by atoms with E-state index in [1.165, 1.54) is 51.6 Å². The van der Waals surface area contributed by atoms with Gasteiger partial charge in [0.05, 0.1) is 4.91 Å². The quantitative estimate of drug-likeness (QED) is 0.266. The average Bonchev–Trinajstić information content (AvgIpc) is 3.11. The Labute approximate surface area is 240 Å². The van der Waals surface area contributed by atoms with Crippen molar-refractivity contribution in [2.75, 3.05) is 25.5 Å². The Hall–Kier alpha value is -3.16. The van der Waals surface area contributed by atoms with Gasteiger partial charge in [-0.15, -0.1) is 0 Å². The van der Waals surface area contributed by atoms with Gasteiger partial charge in [-0.1, -0.05) is 94.7 Å². The van der Waals surface area contributed by atoms with Crippen LogP contribution in [0.3, 0.4) is 0 Å². The molecule has 0 bridgehead atoms. The summed E-state index contributed by atoms with van der Waals surface area (Å²) in [6, 6.07) is 20.4. The largest absolute Gasteiger partial charge is 0.480 e. The van der Waals surface area contributed by atoms with E-state index in [4.69, 9.17) is 17.3 Å². The monoisotopic (exact) mass is 560 g/mol. The van der Waals surface area contributed by atoms with Gasteiger partial charge in [-0.05, 0) is 69.3 Å². The second-order valence-corrected chi connectivity index (χ2v) is 13.4. The van der Waals surface area contributed by atoms with Crippen molar-refractivity contribution in [1.29, 1.82) is 0 Å². The standard InChI is InChI=1S/C26H31N.C6H5NO3S2/c1-25(2)13-14-26(3,4)23-17-24(27(5)6)21(16-22(23)25)20-12-11-18-9-7-8-10-19(18)15-20;1-3-5(10)7(2-4(8)9)6(11)12-3/h7-12,15-17H,13-14H2,1-6H3;1-2H2,(H,8,9). The van der Waals surface area contributed by atoms with E-state index >= 15 is 0 Å². The maximum absolute atomic E-state index is 11.1. The van der Waals surface area contributed by atoms with Crippen LogP contribution in [0.5, 0.6) is 0 Å². The van der Waals surface area contributed by atoms with Crippen molar-refractivity contribution in [2.45, 2.75) is 51.4 Å². The molecule has 1 N–H and O–H groups in total. The number of thioether (sulfide) groups is 1. The van der Waals surface area contributed by atoms with Crippen molar-refractivity contribution in [3.05, 3.63) is 77.2 Å². The van der Waals surface area contributed by atoms with Gasteiger partial charge in [0.25, 0.3) is 5.91 Å². The highest BCUT2D eigenvalue weighted by molar-refractivity contribution is 8.26. The molecular formula is C32H36N2O3S2. The number of carbonyl (C=O) groups excluding carboxylic acids is 1. The lowest BCUT2D eigenvalue weighted by atomic mass is 9.62. The van der Waals surface area contributed by atoms with Gasteiger partial charge in [0.2, 0.25) is 0 Å². The molecule has 0 atom stereocenters. The summed E-state index contributed by atoms with van der Waals surface area (Å²) in [5, 5.41) is 11.0. The van der Waals surface area contributed by atoms with Crippen molar-refractivity contribution in [3.8, 4) is 11.1 Å². The number of carbonyl (C=O) groups is 2. The number of carboxylic acids is 1. The van der Waals surface area contributed by atoms with E-state index in [9.17, 15) is 9.59 Å². The van der Waals surface area contributed by atoms with E-state index in [0.29, 0.717) is 0 Å². The highest BCUT2D eigenvalue weighted by atomic mass is 32.2. The first-order valence-electron chi connectivity index (χ1n) is 13.0. The van der Waals surface area contributed by atoms with Crippen LogP contribution in [0.4, 0.5) is 5.69 Å². The summed E-state index contributed by atoms with van der Waals surface area (Å²) in [6.45, 7) is 12.7. The van der Waals surface area contributed by atoms with Crippen LogP contribution in [0.25, 0.3) is 21.9 Å². The minimum absolute atomic E-state index is 0.224. The number of aliphatic carboxylic acids is 1. The van der Waals surface area contributed by atoms with Gasteiger partial charge in [-0.2, -0.15) is 0 Å². The van der Waals surface area contributed by atoms with Crippen LogP contribution in [-0.4, -0.2) is 46.8 Å². The van der Waals surface area contributed by atoms with E-state index in [-0.39, 0.29) is 26.6 Å². The number of fused-ring (bicyclic) bond motifs is 2. The third-order valence-electron chi connectivity index (χ3n) is 7.72. The van der Waals surface area contributed by atoms with Crippen LogP contribution in [-0.2, 0) is 20.4 Å². The fraction of sp³-hybridized carbons (Fsp3) is 0.344. The fourth-order valence-corrected chi connectivity index (χ4v) is 6.38. The topological polar surface area (TPSA) is 60.9 Å². The van der Waals surface area contributed by atoms with Crippen LogP contribution < -0.4 is 4.90 Å². The lowest BCUT2D eigenvalue weighted by molar-refractivity contribution is -0.140. The van der Waals surface area contributed by atoms with Gasteiger partial charge >= 0.3 is 5.97 Å². The minimum atomic E-state index is -1.08. The Morgan fingerprint density at radius 2 is 1.59 bits per heavy atom. The molecule has 1 aliphatic carbocycles. The normalized spacial score (nSPS) is 17.5. The van der Waals surface area contributed by atoms with E-state index < -0.39 is 11.9 Å². The molecule has 0 radical (unpaired) electrons. The molecule has 0 saturated carbocycles. The van der Waals surface area contributed by atoms with Crippen molar-refractivity contribution in [2.24, 2.45) is 0 Å². The van der Waals surface area contributed by atoms with Crippen LogP contribution >= 0.6 is 24.0 Å². The molecule has 0 spiro atoms. The average molecular weight is 561 g/mol. The highest BCUT2D eigenvalue weighted by Gasteiger charge is 2.38. The van der Waals surface area contributed by atoms with E-state index in [1.807, 2.05) is 0 Å². The number of nitrogens with zero attached hydrogens (tertiary/aromatic N) is 2. The molecule has 0 unspecified atom stereocenters. The zero-order chi connectivity index (χ0) is 28.7. The Morgan fingerprint density at radius 3 is 2.13 bits per heavy atom. The number of benzene rings is 3. The first kappa shape index (κ1) is 28.8. The van der Waals surface area contributed by atoms with Crippen LogP contribution in [0, 0.1) is 0 Å². The van der Waals surface area contributed by atoms with Gasteiger partial charge in [0, 0.05) is 25.3 Å². The number of thiocarbonyl (C=S) groups is 1. The lowest BCUT2D eigenvalue weighted by Crippen LogP contribution is -2.34. The van der Waals surface area contributed by atoms with Crippen LogP contribution in [0.15, 0.2) is 66.1 Å². The number of rotatable bonds is 4. The molecule has 204 valence electrons. The van der Waals surface area contributed by atoms with Crippen molar-refractivity contribution in [1.82, 2.24) is 4.90 Å². The third kappa shape index (κ3) is 5.89. The first-order valence-corrected chi connectivity index (χ1v) is 14.2. The Kier molecular flexibility index (Phi) is 7.97. The van der Waals surface area contributed by atoms with E-state index in [0.717, 1.165) is 16.7 Å². The van der Waals surface area contributed by atoms with Crippen LogP contribution in [0.1, 0.15) is 51.7 Å². The molecule has 1 amide bonds. The lowest BCUT2D eigenvalue weighted by Gasteiger charge is -2.43. The summed E-state index contributed by atoms with van der Waals surface area (Å²) in [5.41, 5.74) is 7.46. The summed E-state index contributed by atoms with van der Waals surface area (Å²) in [6.07, 6.45) is 2.49. The van der Waals surface area contributed by atoms with Gasteiger partial charge in [0.15, 0.2) is 0 Å². The first-order chi connectivity index (χ1) is 18.2. The molecule has 3 aromatic rings. The molecular weight excluding hydrogens is 524 g/mol. The smallest absolute Gasteiger partial charge is 0.323 e. The molecule has 3 aromatic carbocycles. The summed E-state index contributed by atoms with van der Waals surface area (Å²) >= 11 is 5.79. The molecule has 1 aliphatic heterocycles. The van der Waals surface area contributed by atoms with E-state index in [1.54, 1.807) is 0 Å². The zero-order valence-corrected chi connectivity index (χ0v) is 25.1. The molecule has 5 nitrogen and oxygen atoms in total. The Bertz CT molecular complexity index is 1490. The fourth-order valence-electron chi connectivity index (χ4n) is 5.27. The maximum atomic E-state index is 11.1. The van der Waals surface area contributed by atoms with E-state index in [2.05, 4.69) is 108 Å². The Balaban J connectivity index is 0.000000247. The molecule has 39 heavy (non-hydrogen) atoms. The second kappa shape index (κ2) is 10.8. The predicted molar refractivity (Wildman–Crippen MR) is 168 cm³/mol. The molecule has 7 heteroatoms. The predicted octanol–water partition coefficient (Wildman–Crippen LogP) is 7.37. The molecule has 1 heterocycles. The SMILES string of the molecule is C=C1SC(=S)N(CC(=O)O)C1=O.CN(C)c1cc2c(cc1-c1ccc3ccccc3c1)C(C)(C)CCC2(C)C. The van der Waals surface area contributed by atoms with Gasteiger partial charge in [-0.3, -0.25) is 14.5 Å². The molecule has 1 fully saturated rings.